The molecule has 1 saturated heterocycles. The Labute approximate surface area is 117 Å². The third-order valence-corrected chi connectivity index (χ3v) is 4.81. The van der Waals surface area contributed by atoms with Crippen LogP contribution in [0.1, 0.15) is 39.5 Å². The molecule has 5 heteroatoms. The van der Waals surface area contributed by atoms with Crippen molar-refractivity contribution in [3.05, 3.63) is 0 Å². The molecular weight excluding hydrogens is 298 g/mol. The van der Waals surface area contributed by atoms with Crippen molar-refractivity contribution in [3.63, 3.8) is 0 Å². The van der Waals surface area contributed by atoms with Gasteiger partial charge in [-0.3, -0.25) is 9.59 Å². The fraction of sp³-hybridized carbons (Fsp3) is 0.846. The van der Waals surface area contributed by atoms with Crippen molar-refractivity contribution in [3.8, 4) is 0 Å². The molecule has 0 aliphatic carbocycles. The number of halogens is 1. The van der Waals surface area contributed by atoms with Gasteiger partial charge in [0.25, 0.3) is 0 Å². The van der Waals surface area contributed by atoms with Gasteiger partial charge in [-0.15, -0.1) is 0 Å². The molecular formula is C13H22BrNO3. The number of ether oxygens (including phenoxy) is 1. The van der Waals surface area contributed by atoms with Crippen LogP contribution in [-0.2, 0) is 14.3 Å². The minimum absolute atomic E-state index is 0.00231. The van der Waals surface area contributed by atoms with Crippen LogP contribution < -0.4 is 0 Å². The van der Waals surface area contributed by atoms with Gasteiger partial charge in [0.05, 0.1) is 18.4 Å². The lowest BCUT2D eigenvalue weighted by molar-refractivity contribution is -0.144. The average molecular weight is 320 g/mol. The second-order valence-electron chi connectivity index (χ2n) is 5.11. The minimum atomic E-state index is -0.240. The fourth-order valence-electron chi connectivity index (χ4n) is 2.22. The highest BCUT2D eigenvalue weighted by Gasteiger charge is 2.32. The highest BCUT2D eigenvalue weighted by atomic mass is 79.9. The maximum absolute atomic E-state index is 12.3. The van der Waals surface area contributed by atoms with Gasteiger partial charge in [0.15, 0.2) is 0 Å². The third kappa shape index (κ3) is 3.97. The second kappa shape index (κ2) is 7.12. The Morgan fingerprint density at radius 3 is 2.61 bits per heavy atom. The van der Waals surface area contributed by atoms with Gasteiger partial charge >= 0.3 is 5.97 Å². The van der Waals surface area contributed by atoms with Gasteiger partial charge in [-0.1, -0.05) is 29.8 Å². The van der Waals surface area contributed by atoms with E-state index in [-0.39, 0.29) is 28.7 Å². The Hall–Kier alpha value is -0.580. The van der Waals surface area contributed by atoms with Crippen LogP contribution in [0.4, 0.5) is 0 Å². The maximum Gasteiger partial charge on any atom is 0.307 e. The van der Waals surface area contributed by atoms with Crippen molar-refractivity contribution in [2.24, 2.45) is 5.92 Å². The standard InChI is InChI=1S/C13H22BrNO3/c1-9(2)12(14)13(17)15-7-5-4-6-10(15)8-11(16)18-3/h9-10,12H,4-8H2,1-3H3. The number of rotatable bonds is 4. The molecule has 0 aromatic rings. The van der Waals surface area contributed by atoms with Gasteiger partial charge in [-0.2, -0.15) is 0 Å². The molecule has 0 aromatic carbocycles. The molecule has 0 spiro atoms. The van der Waals surface area contributed by atoms with E-state index in [1.807, 2.05) is 18.7 Å². The minimum Gasteiger partial charge on any atom is -0.469 e. The number of carbonyl (C=O) groups is 2. The number of amides is 1. The van der Waals surface area contributed by atoms with Crippen molar-refractivity contribution >= 4 is 27.8 Å². The van der Waals surface area contributed by atoms with Crippen LogP contribution in [0.25, 0.3) is 0 Å². The van der Waals surface area contributed by atoms with Crippen LogP contribution in [-0.4, -0.2) is 41.3 Å². The van der Waals surface area contributed by atoms with E-state index in [9.17, 15) is 9.59 Å². The summed E-state index contributed by atoms with van der Waals surface area (Å²) < 4.78 is 4.70. The van der Waals surface area contributed by atoms with E-state index in [0.29, 0.717) is 6.42 Å². The lowest BCUT2D eigenvalue weighted by Crippen LogP contribution is -2.48. The Balaban J connectivity index is 2.69. The molecule has 104 valence electrons. The number of piperidine rings is 1. The Bertz CT molecular complexity index is 307. The number of carbonyl (C=O) groups excluding carboxylic acids is 2. The SMILES string of the molecule is COC(=O)CC1CCCCN1C(=O)C(Br)C(C)C. The molecule has 1 heterocycles. The molecule has 0 saturated carbocycles. The lowest BCUT2D eigenvalue weighted by Gasteiger charge is -2.37. The van der Waals surface area contributed by atoms with Crippen LogP contribution in [0.5, 0.6) is 0 Å². The van der Waals surface area contributed by atoms with Gasteiger partial charge in [0.2, 0.25) is 5.91 Å². The summed E-state index contributed by atoms with van der Waals surface area (Å²) in [5.74, 6) is 0.104. The van der Waals surface area contributed by atoms with Gasteiger partial charge < -0.3 is 9.64 Å². The molecule has 1 aliphatic rings. The smallest absolute Gasteiger partial charge is 0.307 e. The highest BCUT2D eigenvalue weighted by Crippen LogP contribution is 2.24. The zero-order valence-electron chi connectivity index (χ0n) is 11.3. The van der Waals surface area contributed by atoms with Gasteiger partial charge in [0, 0.05) is 12.6 Å². The Kier molecular flexibility index (Phi) is 6.12. The molecule has 2 atom stereocenters. The van der Waals surface area contributed by atoms with Crippen LogP contribution in [0.3, 0.4) is 0 Å². The molecule has 0 bridgehead atoms. The first-order valence-electron chi connectivity index (χ1n) is 6.48. The largest absolute Gasteiger partial charge is 0.469 e. The maximum atomic E-state index is 12.3. The second-order valence-corrected chi connectivity index (χ2v) is 6.09. The van der Waals surface area contributed by atoms with Crippen LogP contribution in [0.15, 0.2) is 0 Å². The Morgan fingerprint density at radius 1 is 1.39 bits per heavy atom. The van der Waals surface area contributed by atoms with Gasteiger partial charge in [-0.05, 0) is 25.2 Å². The number of methoxy groups -OCH3 is 1. The van der Waals surface area contributed by atoms with E-state index in [1.54, 1.807) is 0 Å². The molecule has 4 nitrogen and oxygen atoms in total. The summed E-state index contributed by atoms with van der Waals surface area (Å²) in [4.78, 5) is 25.4. The predicted octanol–water partition coefficient (Wildman–Crippen LogP) is 2.35. The number of alkyl halides is 1. The monoisotopic (exact) mass is 319 g/mol. The van der Waals surface area contributed by atoms with Crippen molar-refractivity contribution in [2.45, 2.75) is 50.4 Å². The normalized spacial score (nSPS) is 21.8. The molecule has 0 radical (unpaired) electrons. The quantitative estimate of drug-likeness (QED) is 0.590. The van der Waals surface area contributed by atoms with E-state index < -0.39 is 0 Å². The predicted molar refractivity (Wildman–Crippen MR) is 73.5 cm³/mol. The third-order valence-electron chi connectivity index (χ3n) is 3.36. The van der Waals surface area contributed by atoms with E-state index in [0.717, 1.165) is 25.8 Å². The zero-order chi connectivity index (χ0) is 13.7. The number of likely N-dealkylation sites (tertiary alicyclic amines) is 1. The summed E-state index contributed by atoms with van der Waals surface area (Å²) in [5.41, 5.74) is 0. The first-order chi connectivity index (χ1) is 8.47. The number of hydrogen-bond acceptors (Lipinski definition) is 3. The summed E-state index contributed by atoms with van der Waals surface area (Å²) in [6.07, 6.45) is 3.28. The fourth-order valence-corrected chi connectivity index (χ4v) is 2.49. The van der Waals surface area contributed by atoms with Crippen LogP contribution >= 0.6 is 15.9 Å². The first-order valence-corrected chi connectivity index (χ1v) is 7.40. The van der Waals surface area contributed by atoms with Crippen molar-refractivity contribution in [2.75, 3.05) is 13.7 Å². The van der Waals surface area contributed by atoms with Gasteiger partial charge in [-0.25, -0.2) is 0 Å². The molecule has 2 unspecified atom stereocenters. The van der Waals surface area contributed by atoms with Crippen LogP contribution in [0, 0.1) is 5.92 Å². The van der Waals surface area contributed by atoms with Gasteiger partial charge in [0.1, 0.15) is 0 Å². The van der Waals surface area contributed by atoms with E-state index >= 15 is 0 Å². The van der Waals surface area contributed by atoms with Crippen molar-refractivity contribution in [1.29, 1.82) is 0 Å². The zero-order valence-corrected chi connectivity index (χ0v) is 12.9. The molecule has 1 aliphatic heterocycles. The molecule has 1 fully saturated rings. The molecule has 1 rings (SSSR count). The van der Waals surface area contributed by atoms with Crippen molar-refractivity contribution in [1.82, 2.24) is 4.90 Å². The number of esters is 1. The van der Waals surface area contributed by atoms with Crippen LogP contribution in [0.2, 0.25) is 0 Å². The molecule has 1 amide bonds. The summed E-state index contributed by atoms with van der Waals surface area (Å²) in [5, 5.41) is 0. The van der Waals surface area contributed by atoms with E-state index in [1.165, 1.54) is 7.11 Å². The number of hydrogen-bond donors (Lipinski definition) is 0. The number of nitrogens with zero attached hydrogens (tertiary/aromatic N) is 1. The lowest BCUT2D eigenvalue weighted by atomic mass is 9.98. The molecule has 0 aromatic heterocycles. The van der Waals surface area contributed by atoms with E-state index in [2.05, 4.69) is 15.9 Å². The summed E-state index contributed by atoms with van der Waals surface area (Å²) in [7, 11) is 1.39. The summed E-state index contributed by atoms with van der Waals surface area (Å²) in [6, 6.07) is -0.00231. The first kappa shape index (κ1) is 15.5. The topological polar surface area (TPSA) is 46.6 Å². The summed E-state index contributed by atoms with van der Waals surface area (Å²) in [6.45, 7) is 4.77. The molecule has 0 N–H and O–H groups in total. The van der Waals surface area contributed by atoms with Crippen molar-refractivity contribution < 1.29 is 14.3 Å². The highest BCUT2D eigenvalue weighted by molar-refractivity contribution is 9.10. The van der Waals surface area contributed by atoms with E-state index in [4.69, 9.17) is 4.74 Å². The molecule has 18 heavy (non-hydrogen) atoms. The average Bonchev–Trinajstić information content (AvgIpc) is 2.37. The Morgan fingerprint density at radius 2 is 2.06 bits per heavy atom. The summed E-state index contributed by atoms with van der Waals surface area (Å²) >= 11 is 3.45.